The van der Waals surface area contributed by atoms with Crippen molar-refractivity contribution >= 4 is 39.5 Å². The van der Waals surface area contributed by atoms with E-state index in [-0.39, 0.29) is 25.7 Å². The minimum atomic E-state index is -4.96. The van der Waals surface area contributed by atoms with Crippen molar-refractivity contribution in [1.29, 1.82) is 0 Å². The molecule has 0 saturated carbocycles. The van der Waals surface area contributed by atoms with Crippen molar-refractivity contribution < 1.29 is 80.2 Å². The van der Waals surface area contributed by atoms with Gasteiger partial charge in [-0.3, -0.25) is 37.3 Å². The number of hydrogen-bond donors (Lipinski definition) is 3. The lowest BCUT2D eigenvalue weighted by molar-refractivity contribution is -0.161. The standard InChI is InChI=1S/C76H148O17P2/c1-6-9-12-15-18-21-24-26-28-29-30-32-35-41-46-51-56-61-75(80)92-71(66-87-74(79)60-55-50-45-40-34-31-27-25-22-19-16-13-10-7-2)67-90-94(82,83)88-63-70(77)64-89-95(84,85)91-68-72(65-86-73(78)59-54-49-44-39-33-23-20-17-14-11-8-3)93-76(81)62-57-52-47-42-37-36-38-43-48-53-58-69(4)5/h69-72,77H,6-68H2,1-5H3,(H,82,83)(H,84,85)/t70-,71-,72-/m1/s1. The molecule has 19 heteroatoms. The summed E-state index contributed by atoms with van der Waals surface area (Å²) in [6.07, 6.45) is 58.1. The van der Waals surface area contributed by atoms with Crippen molar-refractivity contribution in [3.05, 3.63) is 0 Å². The van der Waals surface area contributed by atoms with Gasteiger partial charge in [-0.15, -0.1) is 0 Å². The predicted molar refractivity (Wildman–Crippen MR) is 386 cm³/mol. The highest BCUT2D eigenvalue weighted by molar-refractivity contribution is 7.47. The maximum Gasteiger partial charge on any atom is 0.472 e. The number of carbonyl (C=O) groups is 4. The first-order chi connectivity index (χ1) is 46.0. The van der Waals surface area contributed by atoms with Gasteiger partial charge in [0.2, 0.25) is 0 Å². The number of aliphatic hydroxyl groups is 1. The van der Waals surface area contributed by atoms with Gasteiger partial charge in [-0.25, -0.2) is 9.13 Å². The molecular formula is C76H148O17P2. The molecule has 0 radical (unpaired) electrons. The summed E-state index contributed by atoms with van der Waals surface area (Å²) in [5.74, 6) is -1.36. The number of phosphoric acid groups is 2. The van der Waals surface area contributed by atoms with Gasteiger partial charge >= 0.3 is 39.5 Å². The van der Waals surface area contributed by atoms with Gasteiger partial charge in [0.05, 0.1) is 26.4 Å². The molecule has 5 atom stereocenters. The molecule has 0 heterocycles. The Hall–Kier alpha value is -1.94. The molecule has 3 N–H and O–H groups in total. The summed E-state index contributed by atoms with van der Waals surface area (Å²) in [6.45, 7) is 7.29. The number of hydrogen-bond acceptors (Lipinski definition) is 15. The molecule has 0 bridgehead atoms. The van der Waals surface area contributed by atoms with Gasteiger partial charge in [-0.1, -0.05) is 349 Å². The molecule has 0 aromatic heterocycles. The second kappa shape index (κ2) is 69.2. The van der Waals surface area contributed by atoms with Crippen molar-refractivity contribution in [3.8, 4) is 0 Å². The SMILES string of the molecule is CCCCCCCCCCCCCCCCCCCC(=O)O[C@H](COC(=O)CCCCCCCCCCCCCCCC)COP(=O)(O)OC[C@@H](O)COP(=O)(O)OC[C@@H](COC(=O)CCCCCCCCCCCCC)OC(=O)CCCCCCCCCCCCC(C)C. The van der Waals surface area contributed by atoms with Gasteiger partial charge in [0.15, 0.2) is 12.2 Å². The van der Waals surface area contributed by atoms with E-state index >= 15 is 0 Å². The van der Waals surface area contributed by atoms with Crippen molar-refractivity contribution in [2.24, 2.45) is 5.92 Å². The molecule has 2 unspecified atom stereocenters. The summed E-state index contributed by atoms with van der Waals surface area (Å²) < 4.78 is 68.6. The monoisotopic (exact) mass is 1400 g/mol. The van der Waals surface area contributed by atoms with E-state index in [1.165, 1.54) is 225 Å². The van der Waals surface area contributed by atoms with Crippen molar-refractivity contribution in [2.45, 2.75) is 419 Å². The quantitative estimate of drug-likeness (QED) is 0.0222. The van der Waals surface area contributed by atoms with Crippen LogP contribution in [0.5, 0.6) is 0 Å². The summed E-state index contributed by atoms with van der Waals surface area (Å²) >= 11 is 0. The molecule has 564 valence electrons. The molecule has 0 aliphatic rings. The summed E-state index contributed by atoms with van der Waals surface area (Å²) in [6, 6.07) is 0. The highest BCUT2D eigenvalue weighted by Gasteiger charge is 2.30. The van der Waals surface area contributed by atoms with Gasteiger partial charge in [0.1, 0.15) is 19.3 Å². The number of carbonyl (C=O) groups excluding carboxylic acids is 4. The van der Waals surface area contributed by atoms with Gasteiger partial charge in [0, 0.05) is 25.7 Å². The Labute approximate surface area is 581 Å². The van der Waals surface area contributed by atoms with Crippen LogP contribution in [0.15, 0.2) is 0 Å². The van der Waals surface area contributed by atoms with Crippen molar-refractivity contribution in [1.82, 2.24) is 0 Å². The van der Waals surface area contributed by atoms with Gasteiger partial charge in [0.25, 0.3) is 0 Å². The number of rotatable bonds is 76. The average Bonchev–Trinajstić information content (AvgIpc) is 3.25. The molecule has 0 spiro atoms. The van der Waals surface area contributed by atoms with Crippen LogP contribution in [0.3, 0.4) is 0 Å². The number of phosphoric ester groups is 2. The highest BCUT2D eigenvalue weighted by atomic mass is 31.2. The first-order valence-electron chi connectivity index (χ1n) is 39.6. The van der Waals surface area contributed by atoms with Gasteiger partial charge in [-0.2, -0.15) is 0 Å². The number of ether oxygens (including phenoxy) is 4. The molecule has 0 aromatic carbocycles. The molecule has 0 aromatic rings. The van der Waals surface area contributed by atoms with Crippen LogP contribution in [-0.4, -0.2) is 96.7 Å². The second-order valence-electron chi connectivity index (χ2n) is 27.9. The largest absolute Gasteiger partial charge is 0.472 e. The molecular weight excluding hydrogens is 1250 g/mol. The third-order valence-electron chi connectivity index (χ3n) is 17.8. The molecule has 0 aliphatic heterocycles. The fourth-order valence-corrected chi connectivity index (χ4v) is 13.3. The zero-order valence-corrected chi connectivity index (χ0v) is 63.6. The summed E-state index contributed by atoms with van der Waals surface area (Å²) in [7, 11) is -9.91. The Morgan fingerprint density at radius 3 is 0.716 bits per heavy atom. The average molecular weight is 1400 g/mol. The van der Waals surface area contributed by atoms with E-state index in [9.17, 15) is 43.2 Å². The van der Waals surface area contributed by atoms with E-state index in [4.69, 9.17) is 37.0 Å². The molecule has 95 heavy (non-hydrogen) atoms. The Kier molecular flexibility index (Phi) is 67.7. The highest BCUT2D eigenvalue weighted by Crippen LogP contribution is 2.45. The third kappa shape index (κ3) is 70.3. The van der Waals surface area contributed by atoms with E-state index in [2.05, 4.69) is 34.6 Å². The van der Waals surface area contributed by atoms with Crippen LogP contribution in [0.25, 0.3) is 0 Å². The number of esters is 4. The summed E-state index contributed by atoms with van der Waals surface area (Å²) in [5.41, 5.74) is 0. The van der Waals surface area contributed by atoms with Crippen LogP contribution in [0.2, 0.25) is 0 Å². The lowest BCUT2D eigenvalue weighted by Crippen LogP contribution is -2.30. The fraction of sp³-hybridized carbons (Fsp3) is 0.947. The summed E-state index contributed by atoms with van der Waals surface area (Å²) in [4.78, 5) is 72.8. The molecule has 17 nitrogen and oxygen atoms in total. The fourth-order valence-electron chi connectivity index (χ4n) is 11.7. The van der Waals surface area contributed by atoms with Crippen molar-refractivity contribution in [2.75, 3.05) is 39.6 Å². The minimum Gasteiger partial charge on any atom is -0.462 e. The number of unbranched alkanes of at least 4 members (excludes halogenated alkanes) is 48. The first-order valence-corrected chi connectivity index (χ1v) is 42.6. The maximum atomic E-state index is 13.1. The molecule has 0 rings (SSSR count). The smallest absolute Gasteiger partial charge is 0.462 e. The lowest BCUT2D eigenvalue weighted by atomic mass is 10.0. The summed E-state index contributed by atoms with van der Waals surface area (Å²) in [5, 5.41) is 10.6. The van der Waals surface area contributed by atoms with E-state index < -0.39 is 97.5 Å². The van der Waals surface area contributed by atoms with Crippen LogP contribution in [-0.2, 0) is 65.4 Å². The molecule has 0 aliphatic carbocycles. The zero-order chi connectivity index (χ0) is 69.8. The van der Waals surface area contributed by atoms with E-state index in [0.29, 0.717) is 25.7 Å². The zero-order valence-electron chi connectivity index (χ0n) is 61.8. The van der Waals surface area contributed by atoms with E-state index in [1.54, 1.807) is 0 Å². The minimum absolute atomic E-state index is 0.107. The second-order valence-corrected chi connectivity index (χ2v) is 30.8. The third-order valence-corrected chi connectivity index (χ3v) is 19.7. The van der Waals surface area contributed by atoms with Crippen LogP contribution < -0.4 is 0 Å². The Bertz CT molecular complexity index is 1820. The first kappa shape index (κ1) is 93.1. The maximum absolute atomic E-state index is 13.1. The van der Waals surface area contributed by atoms with Crippen LogP contribution in [0, 0.1) is 5.92 Å². The van der Waals surface area contributed by atoms with Crippen LogP contribution >= 0.6 is 15.6 Å². The van der Waals surface area contributed by atoms with Crippen molar-refractivity contribution in [3.63, 3.8) is 0 Å². The van der Waals surface area contributed by atoms with Crippen LogP contribution in [0.4, 0.5) is 0 Å². The Morgan fingerprint density at radius 2 is 0.484 bits per heavy atom. The Morgan fingerprint density at radius 1 is 0.284 bits per heavy atom. The number of aliphatic hydroxyl groups excluding tert-OH is 1. The predicted octanol–water partition coefficient (Wildman–Crippen LogP) is 22.5. The molecule has 0 saturated heterocycles. The van der Waals surface area contributed by atoms with E-state index in [1.807, 2.05) is 0 Å². The van der Waals surface area contributed by atoms with E-state index in [0.717, 1.165) is 95.8 Å². The van der Waals surface area contributed by atoms with Gasteiger partial charge < -0.3 is 33.8 Å². The topological polar surface area (TPSA) is 237 Å². The Balaban J connectivity index is 5.25. The molecule has 0 fully saturated rings. The van der Waals surface area contributed by atoms with Crippen LogP contribution in [0.1, 0.15) is 401 Å². The lowest BCUT2D eigenvalue weighted by Gasteiger charge is -2.21. The normalized spacial score (nSPS) is 13.9. The van der Waals surface area contributed by atoms with Gasteiger partial charge in [-0.05, 0) is 31.6 Å². The molecule has 0 amide bonds.